The van der Waals surface area contributed by atoms with Crippen molar-refractivity contribution in [1.29, 1.82) is 0 Å². The number of allylic oxidation sites excluding steroid dienone is 2. The lowest BCUT2D eigenvalue weighted by molar-refractivity contribution is 0.183. The fourth-order valence-corrected chi connectivity index (χ4v) is 5.25. The van der Waals surface area contributed by atoms with Gasteiger partial charge in [-0.1, -0.05) is 36.8 Å². The van der Waals surface area contributed by atoms with Gasteiger partial charge in [0.15, 0.2) is 0 Å². The van der Waals surface area contributed by atoms with Gasteiger partial charge in [0.25, 0.3) is 0 Å². The van der Waals surface area contributed by atoms with Gasteiger partial charge in [0.05, 0.1) is 14.2 Å². The molecule has 1 aliphatic heterocycles. The zero-order valence-electron chi connectivity index (χ0n) is 20.9. The average Bonchev–Trinajstić information content (AvgIpc) is 3.27. The molecule has 1 fully saturated rings. The average molecular weight is 470 g/mol. The van der Waals surface area contributed by atoms with Crippen molar-refractivity contribution in [2.24, 2.45) is 0 Å². The van der Waals surface area contributed by atoms with Crippen LogP contribution in [0.15, 0.2) is 66.7 Å². The predicted molar refractivity (Wildman–Crippen MR) is 142 cm³/mol. The van der Waals surface area contributed by atoms with Crippen molar-refractivity contribution >= 4 is 11.1 Å². The molecule has 0 bridgehead atoms. The highest BCUT2D eigenvalue weighted by Gasteiger charge is 2.23. The molecular formula is C31H35NO3. The summed E-state index contributed by atoms with van der Waals surface area (Å²) >= 11 is 0. The number of ether oxygens (including phenoxy) is 3. The van der Waals surface area contributed by atoms with E-state index in [1.165, 1.54) is 65.8 Å². The first-order valence-electron chi connectivity index (χ1n) is 12.7. The number of hydrogen-bond donors (Lipinski definition) is 0. The first-order chi connectivity index (χ1) is 17.2. The number of methoxy groups -OCH3 is 2. The maximum absolute atomic E-state index is 6.05. The summed E-state index contributed by atoms with van der Waals surface area (Å²) in [4.78, 5) is 2.51. The van der Waals surface area contributed by atoms with Gasteiger partial charge in [0.2, 0.25) is 0 Å². The molecule has 3 aromatic rings. The second-order valence-electron chi connectivity index (χ2n) is 9.46. The maximum Gasteiger partial charge on any atom is 0.119 e. The summed E-state index contributed by atoms with van der Waals surface area (Å²) in [7, 11) is 3.43. The molecule has 4 nitrogen and oxygen atoms in total. The van der Waals surface area contributed by atoms with E-state index >= 15 is 0 Å². The van der Waals surface area contributed by atoms with Gasteiger partial charge in [-0.2, -0.15) is 0 Å². The molecule has 1 heterocycles. The zero-order valence-corrected chi connectivity index (χ0v) is 20.9. The van der Waals surface area contributed by atoms with Gasteiger partial charge in [0.1, 0.15) is 23.9 Å². The van der Waals surface area contributed by atoms with E-state index in [4.69, 9.17) is 14.2 Å². The van der Waals surface area contributed by atoms with Gasteiger partial charge < -0.3 is 14.2 Å². The fourth-order valence-electron chi connectivity index (χ4n) is 5.25. The van der Waals surface area contributed by atoms with Crippen LogP contribution in [-0.4, -0.2) is 45.4 Å². The molecule has 2 aliphatic rings. The molecular weight excluding hydrogens is 434 g/mol. The van der Waals surface area contributed by atoms with Gasteiger partial charge >= 0.3 is 0 Å². The topological polar surface area (TPSA) is 30.9 Å². The third kappa shape index (κ3) is 5.54. The minimum atomic E-state index is 0.751. The zero-order chi connectivity index (χ0) is 24.0. The van der Waals surface area contributed by atoms with Crippen LogP contribution >= 0.6 is 0 Å². The summed E-state index contributed by atoms with van der Waals surface area (Å²) in [6, 6.07) is 23.5. The molecule has 0 saturated carbocycles. The number of rotatable bonds is 9. The molecule has 35 heavy (non-hydrogen) atoms. The number of nitrogens with zero attached hydrogens (tertiary/aromatic N) is 1. The van der Waals surface area contributed by atoms with Crippen LogP contribution in [-0.2, 0) is 12.8 Å². The molecule has 0 amide bonds. The van der Waals surface area contributed by atoms with E-state index in [0.717, 1.165) is 43.2 Å². The third-order valence-electron chi connectivity index (χ3n) is 7.24. The van der Waals surface area contributed by atoms with Gasteiger partial charge in [-0.15, -0.1) is 0 Å². The first kappa shape index (κ1) is 23.5. The standard InChI is InChI=1S/C31H35NO3/c1-33-26-12-8-24(9-13-26)30-22-25-21-28(34-2)14-15-29(25)31(30)20-23-6-10-27(11-7-23)35-19-18-32-16-4-3-5-17-32/h6-15,21H,3-5,16-20,22H2,1-2H3. The minimum absolute atomic E-state index is 0.751. The summed E-state index contributed by atoms with van der Waals surface area (Å²) < 4.78 is 16.9. The van der Waals surface area contributed by atoms with Crippen LogP contribution in [0.2, 0.25) is 0 Å². The van der Waals surface area contributed by atoms with Crippen molar-refractivity contribution in [3.8, 4) is 17.2 Å². The van der Waals surface area contributed by atoms with E-state index in [0.29, 0.717) is 0 Å². The smallest absolute Gasteiger partial charge is 0.119 e. The van der Waals surface area contributed by atoms with E-state index in [2.05, 4.69) is 59.5 Å². The van der Waals surface area contributed by atoms with Crippen LogP contribution < -0.4 is 14.2 Å². The molecule has 0 spiro atoms. The number of hydrogen-bond acceptors (Lipinski definition) is 4. The second-order valence-corrected chi connectivity index (χ2v) is 9.46. The fraction of sp³-hybridized carbons (Fsp3) is 0.355. The van der Waals surface area contributed by atoms with Crippen molar-refractivity contribution in [3.05, 3.63) is 89.0 Å². The molecule has 182 valence electrons. The maximum atomic E-state index is 6.05. The van der Waals surface area contributed by atoms with E-state index in [1.807, 2.05) is 12.1 Å². The molecule has 3 aromatic carbocycles. The highest BCUT2D eigenvalue weighted by atomic mass is 16.5. The van der Waals surface area contributed by atoms with E-state index < -0.39 is 0 Å². The van der Waals surface area contributed by atoms with Crippen LogP contribution in [0.5, 0.6) is 17.2 Å². The normalized spacial score (nSPS) is 15.7. The lowest BCUT2D eigenvalue weighted by atomic mass is 9.95. The number of benzene rings is 3. The molecule has 0 atom stereocenters. The van der Waals surface area contributed by atoms with Gasteiger partial charge in [-0.05, 0) is 109 Å². The molecule has 5 rings (SSSR count). The Hall–Kier alpha value is -3.24. The number of fused-ring (bicyclic) bond motifs is 1. The molecule has 0 N–H and O–H groups in total. The Morgan fingerprint density at radius 3 is 2.14 bits per heavy atom. The Bertz CT molecular complexity index is 1160. The second kappa shape index (κ2) is 11.0. The summed E-state index contributed by atoms with van der Waals surface area (Å²) in [6.45, 7) is 4.18. The third-order valence-corrected chi connectivity index (χ3v) is 7.24. The monoisotopic (exact) mass is 469 g/mol. The van der Waals surface area contributed by atoms with Crippen molar-refractivity contribution in [1.82, 2.24) is 4.90 Å². The SMILES string of the molecule is COc1ccc(C2=C(Cc3ccc(OCCN4CCCCC4)cc3)c3ccc(OC)cc3C2)cc1. The van der Waals surface area contributed by atoms with Crippen LogP contribution in [0.4, 0.5) is 0 Å². The quantitative estimate of drug-likeness (QED) is 0.369. The largest absolute Gasteiger partial charge is 0.497 e. The lowest BCUT2D eigenvalue weighted by Gasteiger charge is -2.26. The Morgan fingerprint density at radius 1 is 0.743 bits per heavy atom. The molecule has 0 aromatic heterocycles. The molecule has 0 radical (unpaired) electrons. The van der Waals surface area contributed by atoms with Gasteiger partial charge in [0, 0.05) is 6.54 Å². The van der Waals surface area contributed by atoms with E-state index in [9.17, 15) is 0 Å². The lowest BCUT2D eigenvalue weighted by Crippen LogP contribution is -2.33. The van der Waals surface area contributed by atoms with Crippen molar-refractivity contribution in [2.75, 3.05) is 40.5 Å². The first-order valence-corrected chi connectivity index (χ1v) is 12.7. The highest BCUT2D eigenvalue weighted by molar-refractivity contribution is 5.98. The Balaban J connectivity index is 1.32. The molecule has 4 heteroatoms. The van der Waals surface area contributed by atoms with E-state index in [-0.39, 0.29) is 0 Å². The molecule has 1 saturated heterocycles. The minimum Gasteiger partial charge on any atom is -0.497 e. The van der Waals surface area contributed by atoms with E-state index in [1.54, 1.807) is 14.2 Å². The predicted octanol–water partition coefficient (Wildman–Crippen LogP) is 6.28. The van der Waals surface area contributed by atoms with Gasteiger partial charge in [-0.25, -0.2) is 0 Å². The summed E-state index contributed by atoms with van der Waals surface area (Å²) in [5.74, 6) is 2.74. The Kier molecular flexibility index (Phi) is 7.39. The van der Waals surface area contributed by atoms with Crippen molar-refractivity contribution in [2.45, 2.75) is 32.1 Å². The van der Waals surface area contributed by atoms with Gasteiger partial charge in [-0.3, -0.25) is 4.90 Å². The number of piperidine rings is 1. The van der Waals surface area contributed by atoms with Crippen molar-refractivity contribution < 1.29 is 14.2 Å². The molecule has 0 unspecified atom stereocenters. The Morgan fingerprint density at radius 2 is 1.43 bits per heavy atom. The summed E-state index contributed by atoms with van der Waals surface area (Å²) in [5.41, 5.74) is 7.93. The van der Waals surface area contributed by atoms with Crippen LogP contribution in [0.25, 0.3) is 11.1 Å². The van der Waals surface area contributed by atoms with Crippen LogP contribution in [0.1, 0.15) is 41.5 Å². The summed E-state index contributed by atoms with van der Waals surface area (Å²) in [6.07, 6.45) is 5.80. The number of likely N-dealkylation sites (tertiary alicyclic amines) is 1. The van der Waals surface area contributed by atoms with Crippen LogP contribution in [0.3, 0.4) is 0 Å². The highest BCUT2D eigenvalue weighted by Crippen LogP contribution is 2.42. The van der Waals surface area contributed by atoms with Crippen molar-refractivity contribution in [3.63, 3.8) is 0 Å². The molecule has 1 aliphatic carbocycles. The van der Waals surface area contributed by atoms with Crippen LogP contribution in [0, 0.1) is 0 Å². The Labute approximate surface area is 209 Å². The summed E-state index contributed by atoms with van der Waals surface area (Å²) in [5, 5.41) is 0.